The van der Waals surface area contributed by atoms with Gasteiger partial charge < -0.3 is 9.26 Å². The van der Waals surface area contributed by atoms with Crippen LogP contribution in [0.2, 0.25) is 0 Å². The van der Waals surface area contributed by atoms with Gasteiger partial charge in [0.1, 0.15) is 11.5 Å². The van der Waals surface area contributed by atoms with Crippen molar-refractivity contribution in [2.45, 2.75) is 17.6 Å². The molecule has 0 N–H and O–H groups in total. The molecule has 6 nitrogen and oxygen atoms in total. The van der Waals surface area contributed by atoms with E-state index in [4.69, 9.17) is 9.26 Å². The Hall–Kier alpha value is -2.67. The van der Waals surface area contributed by atoms with Crippen molar-refractivity contribution in [1.29, 1.82) is 0 Å². The van der Waals surface area contributed by atoms with Crippen LogP contribution in [0.15, 0.2) is 57.9 Å². The van der Waals surface area contributed by atoms with Gasteiger partial charge in [-0.15, -0.1) is 0 Å². The molecular formula is C17H16N2O4S. The van der Waals surface area contributed by atoms with Gasteiger partial charge in [-0.05, 0) is 43.3 Å². The Labute approximate surface area is 140 Å². The second kappa shape index (κ2) is 6.45. The molecule has 0 fully saturated rings. The first-order chi connectivity index (χ1) is 11.5. The number of aromatic nitrogens is 2. The molecule has 0 saturated heterocycles. The van der Waals surface area contributed by atoms with E-state index in [9.17, 15) is 8.42 Å². The number of hydrogen-bond donors (Lipinski definition) is 0. The molecule has 7 heteroatoms. The van der Waals surface area contributed by atoms with Gasteiger partial charge in [-0.2, -0.15) is 4.98 Å². The smallest absolute Gasteiger partial charge is 0.242 e. The van der Waals surface area contributed by atoms with E-state index in [0.717, 1.165) is 11.1 Å². The maximum absolute atomic E-state index is 12.4. The molecule has 0 saturated carbocycles. The van der Waals surface area contributed by atoms with Gasteiger partial charge in [-0.3, -0.25) is 0 Å². The van der Waals surface area contributed by atoms with Crippen LogP contribution in [0, 0.1) is 6.92 Å². The van der Waals surface area contributed by atoms with Crippen LogP contribution in [-0.4, -0.2) is 25.7 Å². The summed E-state index contributed by atoms with van der Waals surface area (Å²) in [5, 5.41) is 3.84. The normalized spacial score (nSPS) is 11.4. The lowest BCUT2D eigenvalue weighted by atomic mass is 10.2. The fourth-order valence-corrected chi connectivity index (χ4v) is 3.32. The molecule has 0 radical (unpaired) electrons. The molecule has 0 atom stereocenters. The van der Waals surface area contributed by atoms with Gasteiger partial charge in [0.2, 0.25) is 11.7 Å². The molecule has 3 rings (SSSR count). The molecule has 124 valence electrons. The molecule has 0 aliphatic heterocycles. The molecule has 1 heterocycles. The molecule has 0 unspecified atom stereocenters. The number of aryl methyl sites for hydroxylation is 1. The number of hydrogen-bond acceptors (Lipinski definition) is 6. The minimum absolute atomic E-state index is 0.0568. The third-order valence-electron chi connectivity index (χ3n) is 3.51. The van der Waals surface area contributed by atoms with Gasteiger partial charge >= 0.3 is 0 Å². The van der Waals surface area contributed by atoms with E-state index in [1.807, 2.05) is 6.92 Å². The summed E-state index contributed by atoms with van der Waals surface area (Å²) < 4.78 is 35.0. The number of nitrogens with zero attached hydrogens (tertiary/aromatic N) is 2. The maximum atomic E-state index is 12.4. The summed E-state index contributed by atoms with van der Waals surface area (Å²) in [6, 6.07) is 13.8. The number of sulfone groups is 1. The molecule has 0 spiro atoms. The molecular weight excluding hydrogens is 328 g/mol. The van der Waals surface area contributed by atoms with E-state index < -0.39 is 9.84 Å². The van der Waals surface area contributed by atoms with Crippen molar-refractivity contribution in [2.75, 3.05) is 7.11 Å². The number of methoxy groups -OCH3 is 1. The average Bonchev–Trinajstić information content (AvgIpc) is 3.03. The minimum Gasteiger partial charge on any atom is -0.497 e. The molecule has 0 aliphatic rings. The first kappa shape index (κ1) is 16.2. The summed E-state index contributed by atoms with van der Waals surface area (Å²) in [4.78, 5) is 4.40. The molecule has 0 amide bonds. The molecule has 0 bridgehead atoms. The lowest BCUT2D eigenvalue weighted by molar-refractivity contribution is 0.389. The van der Waals surface area contributed by atoms with E-state index in [0.29, 0.717) is 11.6 Å². The quantitative estimate of drug-likeness (QED) is 0.707. The fraction of sp³-hybridized carbons (Fsp3) is 0.176. The van der Waals surface area contributed by atoms with Crippen LogP contribution in [0.3, 0.4) is 0 Å². The largest absolute Gasteiger partial charge is 0.497 e. The van der Waals surface area contributed by atoms with Crippen LogP contribution in [-0.2, 0) is 15.6 Å². The highest BCUT2D eigenvalue weighted by Crippen LogP contribution is 2.21. The first-order valence-electron chi connectivity index (χ1n) is 7.24. The second-order valence-electron chi connectivity index (χ2n) is 5.31. The topological polar surface area (TPSA) is 82.3 Å². The van der Waals surface area contributed by atoms with E-state index >= 15 is 0 Å². The zero-order valence-corrected chi connectivity index (χ0v) is 14.1. The molecule has 0 aliphatic carbocycles. The van der Waals surface area contributed by atoms with Crippen molar-refractivity contribution in [2.24, 2.45) is 0 Å². The van der Waals surface area contributed by atoms with Crippen molar-refractivity contribution >= 4 is 9.84 Å². The Bertz CT molecular complexity index is 929. The Morgan fingerprint density at radius 2 is 1.71 bits per heavy atom. The molecule has 3 aromatic rings. The lowest BCUT2D eigenvalue weighted by Gasteiger charge is -2.01. The summed E-state index contributed by atoms with van der Waals surface area (Å²) in [6.45, 7) is 1.90. The number of ether oxygens (including phenoxy) is 1. The van der Waals surface area contributed by atoms with E-state index in [1.54, 1.807) is 55.6 Å². The van der Waals surface area contributed by atoms with Gasteiger partial charge in [0, 0.05) is 5.56 Å². The Morgan fingerprint density at radius 1 is 1.04 bits per heavy atom. The molecule has 24 heavy (non-hydrogen) atoms. The van der Waals surface area contributed by atoms with Gasteiger partial charge in [0.15, 0.2) is 9.84 Å². The minimum atomic E-state index is -3.53. The van der Waals surface area contributed by atoms with Gasteiger partial charge in [0.25, 0.3) is 0 Å². The summed E-state index contributed by atoms with van der Waals surface area (Å²) in [5.41, 5.74) is 1.71. The van der Waals surface area contributed by atoms with Crippen LogP contribution >= 0.6 is 0 Å². The lowest BCUT2D eigenvalue weighted by Crippen LogP contribution is -2.05. The molecule has 1 aromatic heterocycles. The third kappa shape index (κ3) is 3.46. The maximum Gasteiger partial charge on any atom is 0.242 e. The zero-order chi connectivity index (χ0) is 17.2. The van der Waals surface area contributed by atoms with Crippen molar-refractivity contribution in [3.63, 3.8) is 0 Å². The summed E-state index contributed by atoms with van der Waals surface area (Å²) in [7, 11) is -1.95. The fourth-order valence-electron chi connectivity index (χ4n) is 2.16. The van der Waals surface area contributed by atoms with Crippen LogP contribution in [0.5, 0.6) is 5.75 Å². The number of benzene rings is 2. The van der Waals surface area contributed by atoms with E-state index in [1.165, 1.54) is 0 Å². The molecule has 2 aromatic carbocycles. The highest BCUT2D eigenvalue weighted by molar-refractivity contribution is 7.90. The zero-order valence-electron chi connectivity index (χ0n) is 13.3. The van der Waals surface area contributed by atoms with Gasteiger partial charge in [-0.1, -0.05) is 22.9 Å². The standard InChI is InChI=1S/C17H16N2O4S/c1-12-3-9-15(10-4-12)24(20,21)11-16-18-17(19-23-16)13-5-7-14(22-2)8-6-13/h3-10H,11H2,1-2H3. The Balaban J connectivity index is 1.81. The van der Waals surface area contributed by atoms with Crippen LogP contribution < -0.4 is 4.74 Å². The number of rotatable bonds is 5. The van der Waals surface area contributed by atoms with Crippen molar-refractivity contribution < 1.29 is 17.7 Å². The summed E-state index contributed by atoms with van der Waals surface area (Å²) in [6.07, 6.45) is 0. The predicted molar refractivity (Wildman–Crippen MR) is 88.4 cm³/mol. The summed E-state index contributed by atoms with van der Waals surface area (Å²) in [5.74, 6) is 0.775. The second-order valence-corrected chi connectivity index (χ2v) is 7.30. The van der Waals surface area contributed by atoms with Crippen LogP contribution in [0.1, 0.15) is 11.5 Å². The monoisotopic (exact) mass is 344 g/mol. The third-order valence-corrected chi connectivity index (χ3v) is 5.13. The predicted octanol–water partition coefficient (Wildman–Crippen LogP) is 3.03. The highest BCUT2D eigenvalue weighted by Gasteiger charge is 2.20. The summed E-state index contributed by atoms with van der Waals surface area (Å²) >= 11 is 0. The Kier molecular flexibility index (Phi) is 4.35. The highest BCUT2D eigenvalue weighted by atomic mass is 32.2. The Morgan fingerprint density at radius 3 is 2.33 bits per heavy atom. The first-order valence-corrected chi connectivity index (χ1v) is 8.89. The van der Waals surface area contributed by atoms with Crippen LogP contribution in [0.25, 0.3) is 11.4 Å². The van der Waals surface area contributed by atoms with E-state index in [-0.39, 0.29) is 16.5 Å². The van der Waals surface area contributed by atoms with E-state index in [2.05, 4.69) is 10.1 Å². The van der Waals surface area contributed by atoms with Gasteiger partial charge in [0.05, 0.1) is 12.0 Å². The average molecular weight is 344 g/mol. The van der Waals surface area contributed by atoms with Crippen molar-refractivity contribution in [3.05, 3.63) is 60.0 Å². The van der Waals surface area contributed by atoms with Crippen LogP contribution in [0.4, 0.5) is 0 Å². The van der Waals surface area contributed by atoms with Crippen molar-refractivity contribution in [3.8, 4) is 17.1 Å². The van der Waals surface area contributed by atoms with Gasteiger partial charge in [-0.25, -0.2) is 8.42 Å². The van der Waals surface area contributed by atoms with Crippen molar-refractivity contribution in [1.82, 2.24) is 10.1 Å². The SMILES string of the molecule is COc1ccc(-c2noc(CS(=O)(=O)c3ccc(C)cc3)n2)cc1.